The summed E-state index contributed by atoms with van der Waals surface area (Å²) in [5.74, 6) is 0.943. The standard InChI is InChI=1S/C16H30N2OS/c1-3-13-7-10-17-14(11-13)15(19)18-12-16(20-2)8-5-4-6-9-16/h13-14,17H,3-12H2,1-2H3,(H,18,19). The van der Waals surface area contributed by atoms with E-state index >= 15 is 0 Å². The minimum atomic E-state index is 0.0381. The fourth-order valence-corrected chi connectivity index (χ4v) is 4.50. The van der Waals surface area contributed by atoms with Gasteiger partial charge in [0, 0.05) is 11.3 Å². The maximum absolute atomic E-state index is 12.4. The van der Waals surface area contributed by atoms with E-state index in [-0.39, 0.29) is 11.9 Å². The third-order valence-electron chi connectivity index (χ3n) is 5.19. The van der Waals surface area contributed by atoms with Crippen LogP contribution in [0.25, 0.3) is 0 Å². The van der Waals surface area contributed by atoms with Crippen molar-refractivity contribution in [3.63, 3.8) is 0 Å². The van der Waals surface area contributed by atoms with Crippen LogP contribution in [0.5, 0.6) is 0 Å². The van der Waals surface area contributed by atoms with E-state index in [2.05, 4.69) is 23.8 Å². The number of amides is 1. The highest BCUT2D eigenvalue weighted by Crippen LogP contribution is 2.38. The van der Waals surface area contributed by atoms with Crippen LogP contribution in [0.4, 0.5) is 0 Å². The van der Waals surface area contributed by atoms with E-state index in [0.717, 1.165) is 25.4 Å². The van der Waals surface area contributed by atoms with E-state index in [1.165, 1.54) is 44.9 Å². The Morgan fingerprint density at radius 3 is 2.75 bits per heavy atom. The van der Waals surface area contributed by atoms with Crippen molar-refractivity contribution in [3.05, 3.63) is 0 Å². The van der Waals surface area contributed by atoms with E-state index < -0.39 is 0 Å². The first-order chi connectivity index (χ1) is 9.69. The smallest absolute Gasteiger partial charge is 0.237 e. The van der Waals surface area contributed by atoms with Crippen LogP contribution in [-0.2, 0) is 4.79 Å². The summed E-state index contributed by atoms with van der Waals surface area (Å²) in [5.41, 5.74) is 0. The van der Waals surface area contributed by atoms with Crippen molar-refractivity contribution in [2.45, 2.75) is 69.1 Å². The summed E-state index contributed by atoms with van der Waals surface area (Å²) < 4.78 is 0.298. The average Bonchev–Trinajstić information content (AvgIpc) is 2.53. The molecular formula is C16H30N2OS. The molecule has 0 aromatic carbocycles. The molecule has 0 aromatic rings. The molecule has 4 heteroatoms. The second-order valence-corrected chi connectivity index (χ2v) is 7.75. The molecule has 2 atom stereocenters. The monoisotopic (exact) mass is 298 g/mol. The van der Waals surface area contributed by atoms with E-state index in [4.69, 9.17) is 0 Å². The van der Waals surface area contributed by atoms with Crippen molar-refractivity contribution in [2.24, 2.45) is 5.92 Å². The van der Waals surface area contributed by atoms with Crippen LogP contribution < -0.4 is 10.6 Å². The van der Waals surface area contributed by atoms with Crippen LogP contribution >= 0.6 is 11.8 Å². The molecule has 2 rings (SSSR count). The average molecular weight is 298 g/mol. The Labute approximate surface area is 128 Å². The van der Waals surface area contributed by atoms with Crippen LogP contribution in [0.3, 0.4) is 0 Å². The quantitative estimate of drug-likeness (QED) is 0.820. The summed E-state index contributed by atoms with van der Waals surface area (Å²) in [6.07, 6.45) is 12.1. The van der Waals surface area contributed by atoms with Crippen molar-refractivity contribution in [3.8, 4) is 0 Å². The van der Waals surface area contributed by atoms with Gasteiger partial charge >= 0.3 is 0 Å². The Hall–Kier alpha value is -0.220. The Bertz CT molecular complexity index is 316. The highest BCUT2D eigenvalue weighted by molar-refractivity contribution is 8.00. The molecule has 2 aliphatic rings. The fraction of sp³-hybridized carbons (Fsp3) is 0.938. The van der Waals surface area contributed by atoms with Gasteiger partial charge in [-0.3, -0.25) is 4.79 Å². The summed E-state index contributed by atoms with van der Waals surface area (Å²) in [6.45, 7) is 4.07. The second kappa shape index (κ2) is 7.69. The lowest BCUT2D eigenvalue weighted by atomic mass is 9.87. The SMILES string of the molecule is CCC1CCNC(C(=O)NCC2(SC)CCCCC2)C1. The van der Waals surface area contributed by atoms with Gasteiger partial charge in [-0.15, -0.1) is 0 Å². The molecule has 1 heterocycles. The largest absolute Gasteiger partial charge is 0.353 e. The lowest BCUT2D eigenvalue weighted by Crippen LogP contribution is -2.51. The molecule has 3 nitrogen and oxygen atoms in total. The summed E-state index contributed by atoms with van der Waals surface area (Å²) in [4.78, 5) is 12.4. The van der Waals surface area contributed by atoms with Crippen LogP contribution in [0.2, 0.25) is 0 Å². The summed E-state index contributed by atoms with van der Waals surface area (Å²) >= 11 is 1.95. The van der Waals surface area contributed by atoms with Gasteiger partial charge in [0.05, 0.1) is 6.04 Å². The topological polar surface area (TPSA) is 41.1 Å². The molecular weight excluding hydrogens is 268 g/mol. The van der Waals surface area contributed by atoms with Crippen LogP contribution in [0.1, 0.15) is 58.3 Å². The molecule has 2 N–H and O–H groups in total. The number of nitrogens with one attached hydrogen (secondary N) is 2. The van der Waals surface area contributed by atoms with Gasteiger partial charge in [0.15, 0.2) is 0 Å². The van der Waals surface area contributed by atoms with Crippen molar-refractivity contribution in [1.82, 2.24) is 10.6 Å². The maximum atomic E-state index is 12.4. The Kier molecular flexibility index (Phi) is 6.21. The molecule has 2 fully saturated rings. The normalized spacial score (nSPS) is 29.9. The molecule has 0 radical (unpaired) electrons. The third kappa shape index (κ3) is 4.14. The number of rotatable bonds is 5. The van der Waals surface area contributed by atoms with Gasteiger partial charge in [0.1, 0.15) is 0 Å². The summed E-state index contributed by atoms with van der Waals surface area (Å²) in [6, 6.07) is 0.0381. The highest BCUT2D eigenvalue weighted by Gasteiger charge is 2.33. The first-order valence-corrected chi connectivity index (χ1v) is 9.48. The Morgan fingerprint density at radius 2 is 2.10 bits per heavy atom. The zero-order chi connectivity index (χ0) is 14.4. The summed E-state index contributed by atoms with van der Waals surface area (Å²) in [5, 5.41) is 6.62. The third-order valence-corrected chi connectivity index (χ3v) is 6.61. The predicted molar refractivity (Wildman–Crippen MR) is 87.1 cm³/mol. The van der Waals surface area contributed by atoms with Gasteiger partial charge in [0.2, 0.25) is 5.91 Å². The first kappa shape index (κ1) is 16.2. The van der Waals surface area contributed by atoms with E-state index in [0.29, 0.717) is 4.75 Å². The highest BCUT2D eigenvalue weighted by atomic mass is 32.2. The second-order valence-electron chi connectivity index (χ2n) is 6.47. The van der Waals surface area contributed by atoms with E-state index in [1.54, 1.807) is 0 Å². The van der Waals surface area contributed by atoms with Crippen molar-refractivity contribution in [1.29, 1.82) is 0 Å². The molecule has 1 amide bonds. The van der Waals surface area contributed by atoms with E-state index in [9.17, 15) is 4.79 Å². The van der Waals surface area contributed by atoms with Crippen LogP contribution in [0.15, 0.2) is 0 Å². The van der Waals surface area contributed by atoms with Gasteiger partial charge in [-0.25, -0.2) is 0 Å². The number of piperidine rings is 1. The van der Waals surface area contributed by atoms with Crippen LogP contribution in [-0.4, -0.2) is 36.0 Å². The molecule has 1 saturated heterocycles. The molecule has 1 saturated carbocycles. The number of hydrogen-bond acceptors (Lipinski definition) is 3. The summed E-state index contributed by atoms with van der Waals surface area (Å²) in [7, 11) is 0. The van der Waals surface area contributed by atoms with Gasteiger partial charge in [-0.1, -0.05) is 32.6 Å². The lowest BCUT2D eigenvalue weighted by Gasteiger charge is -2.37. The van der Waals surface area contributed by atoms with Gasteiger partial charge in [0.25, 0.3) is 0 Å². The zero-order valence-electron chi connectivity index (χ0n) is 13.0. The number of carbonyl (C=O) groups is 1. The number of carbonyl (C=O) groups excluding carboxylic acids is 1. The lowest BCUT2D eigenvalue weighted by molar-refractivity contribution is -0.124. The Balaban J connectivity index is 1.81. The molecule has 116 valence electrons. The fourth-order valence-electron chi connectivity index (χ4n) is 3.59. The first-order valence-electron chi connectivity index (χ1n) is 8.25. The molecule has 0 bridgehead atoms. The predicted octanol–water partition coefficient (Wildman–Crippen LogP) is 2.95. The van der Waals surface area contributed by atoms with Gasteiger partial charge in [-0.2, -0.15) is 11.8 Å². The van der Waals surface area contributed by atoms with Crippen LogP contribution in [0, 0.1) is 5.92 Å². The Morgan fingerprint density at radius 1 is 1.35 bits per heavy atom. The number of hydrogen-bond donors (Lipinski definition) is 2. The number of thioether (sulfide) groups is 1. The van der Waals surface area contributed by atoms with Crippen molar-refractivity contribution >= 4 is 17.7 Å². The van der Waals surface area contributed by atoms with Crippen molar-refractivity contribution in [2.75, 3.05) is 19.3 Å². The maximum Gasteiger partial charge on any atom is 0.237 e. The minimum absolute atomic E-state index is 0.0381. The molecule has 20 heavy (non-hydrogen) atoms. The van der Waals surface area contributed by atoms with Crippen molar-refractivity contribution < 1.29 is 4.79 Å². The molecule has 0 spiro atoms. The van der Waals surface area contributed by atoms with E-state index in [1.807, 2.05) is 11.8 Å². The molecule has 2 unspecified atom stereocenters. The molecule has 1 aliphatic heterocycles. The van der Waals surface area contributed by atoms with Gasteiger partial charge < -0.3 is 10.6 Å². The molecule has 1 aliphatic carbocycles. The molecule has 0 aromatic heterocycles. The zero-order valence-corrected chi connectivity index (χ0v) is 13.9. The minimum Gasteiger partial charge on any atom is -0.353 e. The van der Waals surface area contributed by atoms with Gasteiger partial charge in [-0.05, 0) is 44.4 Å².